The van der Waals surface area contributed by atoms with Gasteiger partial charge in [-0.15, -0.1) is 0 Å². The molecule has 1 amide bonds. The number of hydrogen-bond acceptors (Lipinski definition) is 3. The fourth-order valence-corrected chi connectivity index (χ4v) is 3.27. The van der Waals surface area contributed by atoms with E-state index < -0.39 is 17.5 Å². The van der Waals surface area contributed by atoms with Crippen LogP contribution in [0.4, 0.5) is 0 Å². The molecule has 1 aliphatic carbocycles. The second kappa shape index (κ2) is 5.49. The van der Waals surface area contributed by atoms with Crippen LogP contribution in [-0.4, -0.2) is 45.7 Å². The predicted molar refractivity (Wildman–Crippen MR) is 69.5 cm³/mol. The molecule has 2 rings (SSSR count). The Kier molecular flexibility index (Phi) is 4.13. The van der Waals surface area contributed by atoms with E-state index in [1.807, 2.05) is 0 Å². The van der Waals surface area contributed by atoms with Crippen molar-refractivity contribution in [2.45, 2.75) is 51.0 Å². The Labute approximate surface area is 113 Å². The number of likely N-dealkylation sites (tertiary alicyclic amines) is 1. The quantitative estimate of drug-likeness (QED) is 0.791. The van der Waals surface area contributed by atoms with Crippen LogP contribution in [-0.2, 0) is 9.59 Å². The number of carbonyl (C=O) groups excluding carboxylic acids is 1. The highest BCUT2D eigenvalue weighted by molar-refractivity contribution is 5.85. The monoisotopic (exact) mass is 269 g/mol. The molecule has 0 spiro atoms. The Hall–Kier alpha value is -1.10. The number of hydrogen-bond donors (Lipinski definition) is 2. The van der Waals surface area contributed by atoms with Crippen molar-refractivity contribution in [3.63, 3.8) is 0 Å². The SMILES string of the molecule is CC1(O)CCCN(C(=O)[C@@H]2CCC[C@@H]2C(=O)O)CC1. The Balaban J connectivity index is 2.01. The normalized spacial score (nSPS) is 36.0. The molecule has 1 unspecified atom stereocenters. The van der Waals surface area contributed by atoms with Gasteiger partial charge in [0.25, 0.3) is 0 Å². The molecule has 5 nitrogen and oxygen atoms in total. The third kappa shape index (κ3) is 3.26. The number of carbonyl (C=O) groups is 2. The first-order valence-corrected chi connectivity index (χ1v) is 7.15. The topological polar surface area (TPSA) is 77.8 Å². The van der Waals surface area contributed by atoms with Gasteiger partial charge in [0.15, 0.2) is 0 Å². The summed E-state index contributed by atoms with van der Waals surface area (Å²) < 4.78 is 0. The maximum absolute atomic E-state index is 12.5. The van der Waals surface area contributed by atoms with Crippen molar-refractivity contribution in [3.8, 4) is 0 Å². The fraction of sp³-hybridized carbons (Fsp3) is 0.857. The number of amides is 1. The molecule has 0 aromatic rings. The number of rotatable bonds is 2. The number of carboxylic acids is 1. The highest BCUT2D eigenvalue weighted by Crippen LogP contribution is 2.34. The molecule has 5 heteroatoms. The molecule has 19 heavy (non-hydrogen) atoms. The molecular formula is C14H23NO4. The first kappa shape index (κ1) is 14.3. The predicted octanol–water partition coefficient (Wildman–Crippen LogP) is 1.25. The van der Waals surface area contributed by atoms with Crippen LogP contribution >= 0.6 is 0 Å². The van der Waals surface area contributed by atoms with Gasteiger partial charge in [-0.05, 0) is 39.0 Å². The van der Waals surface area contributed by atoms with Gasteiger partial charge in [0.2, 0.25) is 5.91 Å². The second-order valence-corrected chi connectivity index (χ2v) is 6.16. The summed E-state index contributed by atoms with van der Waals surface area (Å²) >= 11 is 0. The summed E-state index contributed by atoms with van der Waals surface area (Å²) in [6.07, 6.45) is 4.16. The summed E-state index contributed by atoms with van der Waals surface area (Å²) in [5, 5.41) is 19.2. The van der Waals surface area contributed by atoms with Gasteiger partial charge in [-0.25, -0.2) is 0 Å². The maximum atomic E-state index is 12.5. The van der Waals surface area contributed by atoms with E-state index in [0.29, 0.717) is 38.8 Å². The zero-order valence-corrected chi connectivity index (χ0v) is 11.5. The van der Waals surface area contributed by atoms with Crippen molar-refractivity contribution in [1.29, 1.82) is 0 Å². The summed E-state index contributed by atoms with van der Waals surface area (Å²) in [6, 6.07) is 0. The molecule has 1 heterocycles. The van der Waals surface area contributed by atoms with E-state index in [0.717, 1.165) is 12.8 Å². The smallest absolute Gasteiger partial charge is 0.307 e. The van der Waals surface area contributed by atoms with Gasteiger partial charge in [-0.2, -0.15) is 0 Å². The van der Waals surface area contributed by atoms with Crippen molar-refractivity contribution in [2.24, 2.45) is 11.8 Å². The average molecular weight is 269 g/mol. The highest BCUT2D eigenvalue weighted by atomic mass is 16.4. The molecule has 0 bridgehead atoms. The summed E-state index contributed by atoms with van der Waals surface area (Å²) in [5.74, 6) is -1.75. The molecule has 1 aliphatic heterocycles. The maximum Gasteiger partial charge on any atom is 0.307 e. The van der Waals surface area contributed by atoms with Crippen molar-refractivity contribution < 1.29 is 19.8 Å². The molecule has 1 saturated heterocycles. The van der Waals surface area contributed by atoms with Gasteiger partial charge in [-0.3, -0.25) is 9.59 Å². The third-order valence-electron chi connectivity index (χ3n) is 4.53. The zero-order chi connectivity index (χ0) is 14.0. The Morgan fingerprint density at radius 1 is 1.11 bits per heavy atom. The first-order chi connectivity index (χ1) is 8.91. The molecule has 2 aliphatic rings. The van der Waals surface area contributed by atoms with Crippen LogP contribution in [0.1, 0.15) is 45.4 Å². The largest absolute Gasteiger partial charge is 0.481 e. The van der Waals surface area contributed by atoms with Crippen LogP contribution in [0, 0.1) is 11.8 Å². The van der Waals surface area contributed by atoms with E-state index in [2.05, 4.69) is 0 Å². The van der Waals surface area contributed by atoms with Gasteiger partial charge in [-0.1, -0.05) is 6.42 Å². The van der Waals surface area contributed by atoms with E-state index in [1.165, 1.54) is 0 Å². The van der Waals surface area contributed by atoms with Gasteiger partial charge < -0.3 is 15.1 Å². The molecule has 0 aromatic carbocycles. The van der Waals surface area contributed by atoms with Crippen molar-refractivity contribution >= 4 is 11.9 Å². The Bertz CT molecular complexity index is 366. The molecule has 108 valence electrons. The van der Waals surface area contributed by atoms with Gasteiger partial charge in [0.05, 0.1) is 17.4 Å². The van der Waals surface area contributed by atoms with E-state index in [4.69, 9.17) is 5.11 Å². The Morgan fingerprint density at radius 3 is 2.47 bits per heavy atom. The third-order valence-corrected chi connectivity index (χ3v) is 4.53. The van der Waals surface area contributed by atoms with Gasteiger partial charge >= 0.3 is 5.97 Å². The number of carboxylic acid groups (broad SMARTS) is 1. The lowest BCUT2D eigenvalue weighted by molar-refractivity contribution is -0.149. The van der Waals surface area contributed by atoms with E-state index in [-0.39, 0.29) is 11.8 Å². The average Bonchev–Trinajstić information content (AvgIpc) is 2.74. The molecule has 0 aromatic heterocycles. The van der Waals surface area contributed by atoms with Crippen LogP contribution in [0.15, 0.2) is 0 Å². The summed E-state index contributed by atoms with van der Waals surface area (Å²) in [5.41, 5.74) is -0.698. The van der Waals surface area contributed by atoms with E-state index >= 15 is 0 Å². The van der Waals surface area contributed by atoms with Gasteiger partial charge in [0.1, 0.15) is 0 Å². The second-order valence-electron chi connectivity index (χ2n) is 6.16. The fourth-order valence-electron chi connectivity index (χ4n) is 3.27. The minimum Gasteiger partial charge on any atom is -0.481 e. The van der Waals surface area contributed by atoms with Crippen LogP contribution in [0.25, 0.3) is 0 Å². The number of nitrogens with zero attached hydrogens (tertiary/aromatic N) is 1. The molecular weight excluding hydrogens is 246 g/mol. The van der Waals surface area contributed by atoms with Crippen molar-refractivity contribution in [1.82, 2.24) is 4.90 Å². The first-order valence-electron chi connectivity index (χ1n) is 7.15. The lowest BCUT2D eigenvalue weighted by Gasteiger charge is -2.26. The van der Waals surface area contributed by atoms with Crippen LogP contribution in [0.3, 0.4) is 0 Å². The minimum atomic E-state index is -0.849. The molecule has 3 atom stereocenters. The molecule has 1 saturated carbocycles. The van der Waals surface area contributed by atoms with Crippen LogP contribution < -0.4 is 0 Å². The lowest BCUT2D eigenvalue weighted by atomic mass is 9.94. The molecule has 0 radical (unpaired) electrons. The van der Waals surface area contributed by atoms with Crippen LogP contribution in [0.5, 0.6) is 0 Å². The lowest BCUT2D eigenvalue weighted by Crippen LogP contribution is -2.40. The summed E-state index contributed by atoms with van der Waals surface area (Å²) in [4.78, 5) is 25.4. The molecule has 2 fully saturated rings. The Morgan fingerprint density at radius 2 is 1.79 bits per heavy atom. The highest BCUT2D eigenvalue weighted by Gasteiger charge is 2.40. The zero-order valence-electron chi connectivity index (χ0n) is 11.5. The number of aliphatic carboxylic acids is 1. The van der Waals surface area contributed by atoms with E-state index in [9.17, 15) is 14.7 Å². The van der Waals surface area contributed by atoms with E-state index in [1.54, 1.807) is 11.8 Å². The summed E-state index contributed by atoms with van der Waals surface area (Å²) in [7, 11) is 0. The standard InChI is InChI=1S/C14H23NO4/c1-14(19)6-3-8-15(9-7-14)12(16)10-4-2-5-11(10)13(17)18/h10-11,19H,2-9H2,1H3,(H,17,18)/t10-,11+,14?/m1/s1. The minimum absolute atomic E-state index is 0.0254. The van der Waals surface area contributed by atoms with Gasteiger partial charge in [0, 0.05) is 13.1 Å². The van der Waals surface area contributed by atoms with Crippen molar-refractivity contribution in [3.05, 3.63) is 0 Å². The molecule has 2 N–H and O–H groups in total. The van der Waals surface area contributed by atoms with Crippen molar-refractivity contribution in [2.75, 3.05) is 13.1 Å². The summed E-state index contributed by atoms with van der Waals surface area (Å²) in [6.45, 7) is 2.98. The number of aliphatic hydroxyl groups is 1. The van der Waals surface area contributed by atoms with Crippen LogP contribution in [0.2, 0.25) is 0 Å².